The number of rotatable bonds is 7. The molecule has 1 aromatic heterocycles. The van der Waals surface area contributed by atoms with Gasteiger partial charge in [-0.15, -0.1) is 5.10 Å². The molecule has 8 nitrogen and oxygen atoms in total. The van der Waals surface area contributed by atoms with Crippen LogP contribution in [0.2, 0.25) is 0 Å². The van der Waals surface area contributed by atoms with Crippen molar-refractivity contribution in [1.29, 1.82) is 0 Å². The van der Waals surface area contributed by atoms with Gasteiger partial charge in [0.2, 0.25) is 5.78 Å². The average molecular weight is 364 g/mol. The fraction of sp³-hybridized carbons (Fsp3) is 0.105. The van der Waals surface area contributed by atoms with Crippen LogP contribution in [0.4, 0.5) is 0 Å². The van der Waals surface area contributed by atoms with Crippen molar-refractivity contribution in [2.24, 2.45) is 5.73 Å². The molecule has 0 aliphatic rings. The van der Waals surface area contributed by atoms with Gasteiger partial charge in [0.1, 0.15) is 11.7 Å². The maximum absolute atomic E-state index is 12.6. The van der Waals surface area contributed by atoms with Crippen LogP contribution in [0.5, 0.6) is 0 Å². The normalized spacial score (nSPS) is 11.6. The summed E-state index contributed by atoms with van der Waals surface area (Å²) in [4.78, 5) is 36.2. The monoisotopic (exact) mass is 364 g/mol. The first-order valence-electron chi connectivity index (χ1n) is 8.12. The van der Waals surface area contributed by atoms with E-state index in [0.717, 1.165) is 5.56 Å². The second kappa shape index (κ2) is 8.05. The van der Waals surface area contributed by atoms with Crippen LogP contribution >= 0.6 is 0 Å². The van der Waals surface area contributed by atoms with Crippen molar-refractivity contribution in [3.05, 3.63) is 72.0 Å². The van der Waals surface area contributed by atoms with Gasteiger partial charge in [0.25, 0.3) is 17.6 Å². The number of nitrogens with two attached hydrogens (primary N) is 1. The first-order valence-corrected chi connectivity index (χ1v) is 8.12. The molecule has 2 amide bonds. The Hall–Kier alpha value is -3.81. The minimum absolute atomic E-state index is 0.108. The number of ketones is 1. The van der Waals surface area contributed by atoms with Crippen molar-refractivity contribution in [1.82, 2.24) is 15.7 Å². The van der Waals surface area contributed by atoms with Crippen LogP contribution in [0.3, 0.4) is 0 Å². The van der Waals surface area contributed by atoms with Crippen molar-refractivity contribution in [2.75, 3.05) is 0 Å². The molecule has 136 valence electrons. The van der Waals surface area contributed by atoms with Gasteiger partial charge >= 0.3 is 0 Å². The molecule has 0 spiro atoms. The molecule has 0 aliphatic carbocycles. The minimum Gasteiger partial charge on any atom is -0.363 e. The number of aromatic nitrogens is 2. The van der Waals surface area contributed by atoms with Crippen LogP contribution in [0.15, 0.2) is 65.2 Å². The van der Waals surface area contributed by atoms with E-state index in [1.165, 1.54) is 0 Å². The van der Waals surface area contributed by atoms with Gasteiger partial charge in [0, 0.05) is 17.3 Å². The molecule has 1 heterocycles. The van der Waals surface area contributed by atoms with E-state index in [1.54, 1.807) is 48.5 Å². The van der Waals surface area contributed by atoms with E-state index in [9.17, 15) is 14.4 Å². The van der Waals surface area contributed by atoms with Crippen LogP contribution in [-0.4, -0.2) is 34.0 Å². The summed E-state index contributed by atoms with van der Waals surface area (Å²) in [6.07, 6.45) is 0.108. The van der Waals surface area contributed by atoms with E-state index in [0.29, 0.717) is 5.56 Å². The Balaban J connectivity index is 1.84. The molecular weight excluding hydrogens is 348 g/mol. The van der Waals surface area contributed by atoms with E-state index in [-0.39, 0.29) is 17.9 Å². The molecule has 0 fully saturated rings. The van der Waals surface area contributed by atoms with E-state index in [2.05, 4.69) is 15.7 Å². The van der Waals surface area contributed by atoms with Gasteiger partial charge in [-0.2, -0.15) is 0 Å². The highest BCUT2D eigenvalue weighted by atomic mass is 16.5. The molecule has 3 rings (SSSR count). The first-order chi connectivity index (χ1) is 13.1. The molecule has 3 aromatic rings. The lowest BCUT2D eigenvalue weighted by Gasteiger charge is -2.15. The fourth-order valence-electron chi connectivity index (χ4n) is 2.58. The van der Waals surface area contributed by atoms with Gasteiger partial charge in [-0.25, -0.2) is 0 Å². The number of nitrogens with zero attached hydrogens (tertiary/aromatic N) is 2. The molecule has 0 bridgehead atoms. The van der Waals surface area contributed by atoms with Crippen molar-refractivity contribution < 1.29 is 18.9 Å². The van der Waals surface area contributed by atoms with E-state index >= 15 is 0 Å². The molecule has 0 aliphatic heterocycles. The minimum atomic E-state index is -1.13. The quantitative estimate of drug-likeness (QED) is 0.605. The second-order valence-electron chi connectivity index (χ2n) is 5.76. The van der Waals surface area contributed by atoms with Crippen molar-refractivity contribution in [3.8, 4) is 11.3 Å². The van der Waals surface area contributed by atoms with Crippen LogP contribution in [0.1, 0.15) is 16.1 Å². The summed E-state index contributed by atoms with van der Waals surface area (Å²) in [6.45, 7) is 0. The topological polar surface area (TPSA) is 128 Å². The standard InChI is InChI=1S/C19H16N4O4/c20-18(25)16(24)14(11-12-7-3-1-4-8-12)21-19(26)17-15(22-23-27-17)13-9-5-2-6-10-13/h1-10,14H,11H2,(H2,20,25)(H,21,26). The highest BCUT2D eigenvalue weighted by molar-refractivity contribution is 6.38. The Kier molecular flexibility index (Phi) is 5.36. The maximum Gasteiger partial charge on any atom is 0.292 e. The van der Waals surface area contributed by atoms with Crippen LogP contribution in [0, 0.1) is 0 Å². The molecule has 2 aromatic carbocycles. The fourth-order valence-corrected chi connectivity index (χ4v) is 2.58. The smallest absolute Gasteiger partial charge is 0.292 e. The molecule has 27 heavy (non-hydrogen) atoms. The molecule has 0 radical (unpaired) electrons. The number of primary amides is 1. The number of amides is 2. The zero-order chi connectivity index (χ0) is 19.2. The lowest BCUT2D eigenvalue weighted by Crippen LogP contribution is -2.47. The third kappa shape index (κ3) is 4.24. The van der Waals surface area contributed by atoms with Crippen LogP contribution in [0.25, 0.3) is 11.3 Å². The zero-order valence-corrected chi connectivity index (χ0v) is 14.2. The third-order valence-corrected chi connectivity index (χ3v) is 3.89. The first kappa shape index (κ1) is 18.0. The number of Topliss-reactive ketones (excluding diaryl/α,β-unsaturated/α-hetero) is 1. The molecule has 1 atom stereocenters. The highest BCUT2D eigenvalue weighted by Gasteiger charge is 2.29. The number of nitrogens with one attached hydrogen (secondary N) is 1. The number of hydrogen-bond donors (Lipinski definition) is 2. The maximum atomic E-state index is 12.6. The average Bonchev–Trinajstić information content (AvgIpc) is 3.18. The van der Waals surface area contributed by atoms with Gasteiger partial charge in [-0.05, 0) is 5.56 Å². The molecule has 3 N–H and O–H groups in total. The SMILES string of the molecule is NC(=O)C(=O)C(Cc1ccccc1)NC(=O)c1onnc1-c1ccccc1. The van der Waals surface area contributed by atoms with E-state index in [1.807, 2.05) is 12.1 Å². The summed E-state index contributed by atoms with van der Waals surface area (Å²) in [5.41, 5.74) is 6.74. The van der Waals surface area contributed by atoms with Crippen molar-refractivity contribution in [2.45, 2.75) is 12.5 Å². The Bertz CT molecular complexity index is 954. The number of benzene rings is 2. The van der Waals surface area contributed by atoms with Gasteiger partial charge in [-0.1, -0.05) is 60.7 Å². The summed E-state index contributed by atoms with van der Waals surface area (Å²) >= 11 is 0. The molecular formula is C19H16N4O4. The van der Waals surface area contributed by atoms with Gasteiger partial charge < -0.3 is 15.6 Å². The van der Waals surface area contributed by atoms with Gasteiger partial charge in [0.15, 0.2) is 0 Å². The predicted octanol–water partition coefficient (Wildman–Crippen LogP) is 1.13. The summed E-state index contributed by atoms with van der Waals surface area (Å²) in [5.74, 6) is -2.90. The highest BCUT2D eigenvalue weighted by Crippen LogP contribution is 2.20. The number of hydrogen-bond acceptors (Lipinski definition) is 6. The lowest BCUT2D eigenvalue weighted by molar-refractivity contribution is -0.137. The Morgan fingerprint density at radius 2 is 1.63 bits per heavy atom. The molecule has 1 unspecified atom stereocenters. The lowest BCUT2D eigenvalue weighted by atomic mass is 10.0. The molecule has 0 saturated heterocycles. The zero-order valence-electron chi connectivity index (χ0n) is 14.2. The van der Waals surface area contributed by atoms with Crippen molar-refractivity contribution in [3.63, 3.8) is 0 Å². The number of carbonyl (C=O) groups is 3. The van der Waals surface area contributed by atoms with E-state index in [4.69, 9.17) is 10.3 Å². The van der Waals surface area contributed by atoms with Gasteiger partial charge in [-0.3, -0.25) is 14.4 Å². The summed E-state index contributed by atoms with van der Waals surface area (Å²) in [6, 6.07) is 16.7. The second-order valence-corrected chi connectivity index (χ2v) is 5.76. The van der Waals surface area contributed by atoms with Gasteiger partial charge in [0.05, 0.1) is 0 Å². The predicted molar refractivity (Wildman–Crippen MR) is 95.3 cm³/mol. The Labute approximate surface area is 154 Å². The van der Waals surface area contributed by atoms with Crippen molar-refractivity contribution >= 4 is 17.6 Å². The largest absolute Gasteiger partial charge is 0.363 e. The molecule has 8 heteroatoms. The molecule has 0 saturated carbocycles. The van der Waals surface area contributed by atoms with Crippen LogP contribution in [-0.2, 0) is 16.0 Å². The van der Waals surface area contributed by atoms with E-state index < -0.39 is 23.6 Å². The van der Waals surface area contributed by atoms with Crippen LogP contribution < -0.4 is 11.1 Å². The summed E-state index contributed by atoms with van der Waals surface area (Å²) < 4.78 is 4.97. The third-order valence-electron chi connectivity index (χ3n) is 3.89. The Morgan fingerprint density at radius 1 is 1.00 bits per heavy atom. The summed E-state index contributed by atoms with van der Waals surface area (Å²) in [7, 11) is 0. The Morgan fingerprint density at radius 3 is 2.26 bits per heavy atom. The summed E-state index contributed by atoms with van der Waals surface area (Å²) in [5, 5.41) is 9.75. The number of carbonyl (C=O) groups excluding carboxylic acids is 3.